The third kappa shape index (κ3) is 5.77. The molecule has 0 aliphatic rings. The quantitative estimate of drug-likeness (QED) is 0.617. The lowest BCUT2D eigenvalue weighted by Crippen LogP contribution is -2.27. The summed E-state index contributed by atoms with van der Waals surface area (Å²) in [6.45, 7) is 7.41. The first-order chi connectivity index (χ1) is 13.8. The highest BCUT2D eigenvalue weighted by Gasteiger charge is 2.14. The van der Waals surface area contributed by atoms with Crippen LogP contribution in [-0.2, 0) is 16.8 Å². The average molecular weight is 411 g/mol. The molecule has 2 heterocycles. The van der Waals surface area contributed by atoms with Gasteiger partial charge in [-0.25, -0.2) is 4.68 Å². The van der Waals surface area contributed by atoms with E-state index < -0.39 is 0 Å². The summed E-state index contributed by atoms with van der Waals surface area (Å²) in [5.74, 6) is 0.317. The second-order valence-electron chi connectivity index (χ2n) is 7.85. The van der Waals surface area contributed by atoms with E-state index in [4.69, 9.17) is 0 Å². The Labute approximate surface area is 175 Å². The van der Waals surface area contributed by atoms with Gasteiger partial charge in [-0.05, 0) is 28.0 Å². The Morgan fingerprint density at radius 1 is 1.10 bits per heavy atom. The van der Waals surface area contributed by atoms with Gasteiger partial charge in [-0.3, -0.25) is 9.59 Å². The van der Waals surface area contributed by atoms with Gasteiger partial charge in [0.1, 0.15) is 5.82 Å². The van der Waals surface area contributed by atoms with E-state index in [1.165, 1.54) is 16.9 Å². The topological polar surface area (TPSA) is 76.0 Å². The van der Waals surface area contributed by atoms with Gasteiger partial charge < -0.3 is 10.6 Å². The molecule has 2 N–H and O–H groups in total. The van der Waals surface area contributed by atoms with E-state index in [2.05, 4.69) is 60.8 Å². The van der Waals surface area contributed by atoms with Gasteiger partial charge in [0.05, 0.1) is 17.6 Å². The number of hydrogen-bond donors (Lipinski definition) is 2. The lowest BCUT2D eigenvalue weighted by atomic mass is 9.87. The molecule has 3 aromatic rings. The number of amides is 2. The van der Waals surface area contributed by atoms with Gasteiger partial charge in [0, 0.05) is 19.0 Å². The highest BCUT2D eigenvalue weighted by Crippen LogP contribution is 2.22. The lowest BCUT2D eigenvalue weighted by molar-refractivity contribution is -0.116. The van der Waals surface area contributed by atoms with Crippen molar-refractivity contribution in [1.29, 1.82) is 0 Å². The Hall–Kier alpha value is -2.93. The maximum Gasteiger partial charge on any atom is 0.261 e. The van der Waals surface area contributed by atoms with Crippen molar-refractivity contribution in [3.63, 3.8) is 0 Å². The Morgan fingerprint density at radius 2 is 1.86 bits per heavy atom. The number of carbonyl (C=O) groups excluding carboxylic acids is 2. The van der Waals surface area contributed by atoms with Gasteiger partial charge in [-0.1, -0.05) is 51.1 Å². The molecule has 1 aromatic carbocycles. The number of nitrogens with zero attached hydrogens (tertiary/aromatic N) is 2. The molecule has 7 heteroatoms. The number of benzene rings is 1. The van der Waals surface area contributed by atoms with Crippen molar-refractivity contribution in [1.82, 2.24) is 15.1 Å². The lowest BCUT2D eigenvalue weighted by Gasteiger charge is -2.19. The van der Waals surface area contributed by atoms with Crippen LogP contribution >= 0.6 is 11.3 Å². The molecular weight excluding hydrogens is 384 g/mol. The SMILES string of the molecule is CC(C)(C)c1ccc(Cn2nccc2NC(=O)CCNC(=O)c2cccs2)cc1. The van der Waals surface area contributed by atoms with Crippen LogP contribution in [0.1, 0.15) is 48.0 Å². The van der Waals surface area contributed by atoms with Crippen molar-refractivity contribution >= 4 is 29.0 Å². The minimum absolute atomic E-state index is 0.113. The Bertz CT molecular complexity index is 954. The number of hydrogen-bond acceptors (Lipinski definition) is 4. The maximum atomic E-state index is 12.2. The summed E-state index contributed by atoms with van der Waals surface area (Å²) in [7, 11) is 0. The molecule has 3 rings (SSSR count). The summed E-state index contributed by atoms with van der Waals surface area (Å²) >= 11 is 1.37. The van der Waals surface area contributed by atoms with Crippen molar-refractivity contribution in [3.05, 3.63) is 70.0 Å². The molecule has 152 valence electrons. The largest absolute Gasteiger partial charge is 0.351 e. The minimum atomic E-state index is -0.165. The number of thiophene rings is 1. The second-order valence-corrected chi connectivity index (χ2v) is 8.80. The molecule has 0 radical (unpaired) electrons. The van der Waals surface area contributed by atoms with E-state index in [0.29, 0.717) is 17.2 Å². The van der Waals surface area contributed by atoms with E-state index in [9.17, 15) is 9.59 Å². The molecule has 0 saturated heterocycles. The standard InChI is InChI=1S/C22H26N4O2S/c1-22(2,3)17-8-6-16(7-9-17)15-26-19(10-13-24-26)25-20(27)11-12-23-21(28)18-5-4-14-29-18/h4-10,13-14H,11-12,15H2,1-3H3,(H,23,28)(H,25,27). The second kappa shape index (κ2) is 9.05. The molecule has 2 amide bonds. The zero-order valence-corrected chi connectivity index (χ0v) is 17.8. The fourth-order valence-corrected chi connectivity index (χ4v) is 3.48. The van der Waals surface area contributed by atoms with Gasteiger partial charge >= 0.3 is 0 Å². The number of carbonyl (C=O) groups is 2. The van der Waals surface area contributed by atoms with Crippen LogP contribution in [0.4, 0.5) is 5.82 Å². The van der Waals surface area contributed by atoms with Gasteiger partial charge in [0.2, 0.25) is 5.91 Å². The zero-order chi connectivity index (χ0) is 20.9. The van der Waals surface area contributed by atoms with Crippen LogP contribution in [0.25, 0.3) is 0 Å². The minimum Gasteiger partial charge on any atom is -0.351 e. The third-order valence-corrected chi connectivity index (χ3v) is 5.39. The van der Waals surface area contributed by atoms with Crippen LogP contribution in [-0.4, -0.2) is 28.1 Å². The molecule has 0 unspecified atom stereocenters. The molecule has 0 spiro atoms. The first kappa shape index (κ1) is 20.8. The van der Waals surface area contributed by atoms with E-state index in [1.54, 1.807) is 23.0 Å². The average Bonchev–Trinajstić information content (AvgIpc) is 3.34. The first-order valence-corrected chi connectivity index (χ1v) is 10.4. The molecule has 0 aliphatic carbocycles. The normalized spacial score (nSPS) is 11.3. The van der Waals surface area contributed by atoms with Crippen LogP contribution < -0.4 is 10.6 Å². The van der Waals surface area contributed by atoms with E-state index in [0.717, 1.165) is 5.56 Å². The van der Waals surface area contributed by atoms with Gasteiger partial charge in [0.15, 0.2) is 0 Å². The molecule has 6 nitrogen and oxygen atoms in total. The van der Waals surface area contributed by atoms with Crippen LogP contribution in [0.5, 0.6) is 0 Å². The molecule has 0 fully saturated rings. The van der Waals surface area contributed by atoms with E-state index in [-0.39, 0.29) is 30.2 Å². The molecular formula is C22H26N4O2S. The summed E-state index contributed by atoms with van der Waals surface area (Å²) < 4.78 is 1.76. The Morgan fingerprint density at radius 3 is 2.52 bits per heavy atom. The van der Waals surface area contributed by atoms with Crippen LogP contribution in [0.3, 0.4) is 0 Å². The summed E-state index contributed by atoms with van der Waals surface area (Å²) in [5, 5.41) is 11.8. The number of rotatable bonds is 7. The summed E-state index contributed by atoms with van der Waals surface area (Å²) in [4.78, 5) is 24.8. The Kier molecular flexibility index (Phi) is 6.49. The third-order valence-electron chi connectivity index (χ3n) is 4.52. The number of nitrogens with one attached hydrogen (secondary N) is 2. The van der Waals surface area contributed by atoms with E-state index in [1.807, 2.05) is 11.4 Å². The summed E-state index contributed by atoms with van der Waals surface area (Å²) in [5.41, 5.74) is 2.50. The monoisotopic (exact) mass is 410 g/mol. The van der Waals surface area contributed by atoms with Gasteiger partial charge in [0.25, 0.3) is 5.91 Å². The fraction of sp³-hybridized carbons (Fsp3) is 0.318. The molecule has 0 saturated carbocycles. The molecule has 2 aromatic heterocycles. The highest BCUT2D eigenvalue weighted by molar-refractivity contribution is 7.12. The fourth-order valence-electron chi connectivity index (χ4n) is 2.84. The predicted molar refractivity (Wildman–Crippen MR) is 116 cm³/mol. The van der Waals surface area contributed by atoms with Crippen molar-refractivity contribution in [2.75, 3.05) is 11.9 Å². The zero-order valence-electron chi connectivity index (χ0n) is 16.9. The molecule has 0 bridgehead atoms. The van der Waals surface area contributed by atoms with Crippen molar-refractivity contribution in [3.8, 4) is 0 Å². The smallest absolute Gasteiger partial charge is 0.261 e. The predicted octanol–water partition coefficient (Wildman–Crippen LogP) is 4.05. The van der Waals surface area contributed by atoms with Crippen LogP contribution in [0.15, 0.2) is 54.0 Å². The summed E-state index contributed by atoms with van der Waals surface area (Å²) in [6.07, 6.45) is 1.86. The van der Waals surface area contributed by atoms with Crippen molar-refractivity contribution < 1.29 is 9.59 Å². The van der Waals surface area contributed by atoms with Crippen LogP contribution in [0, 0.1) is 0 Å². The maximum absolute atomic E-state index is 12.2. The molecule has 0 atom stereocenters. The Balaban J connectivity index is 1.52. The van der Waals surface area contributed by atoms with E-state index >= 15 is 0 Å². The molecule has 29 heavy (non-hydrogen) atoms. The number of anilines is 1. The van der Waals surface area contributed by atoms with Crippen molar-refractivity contribution in [2.45, 2.75) is 39.2 Å². The van der Waals surface area contributed by atoms with Crippen LogP contribution in [0.2, 0.25) is 0 Å². The first-order valence-electron chi connectivity index (χ1n) is 9.56. The molecule has 0 aliphatic heterocycles. The van der Waals surface area contributed by atoms with Gasteiger partial charge in [-0.15, -0.1) is 11.3 Å². The van der Waals surface area contributed by atoms with Crippen molar-refractivity contribution in [2.24, 2.45) is 0 Å². The number of aromatic nitrogens is 2. The highest BCUT2D eigenvalue weighted by atomic mass is 32.1. The van der Waals surface area contributed by atoms with Gasteiger partial charge in [-0.2, -0.15) is 5.10 Å². The summed E-state index contributed by atoms with van der Waals surface area (Å²) in [6, 6.07) is 13.8.